The van der Waals surface area contributed by atoms with Crippen LogP contribution in [0.15, 0.2) is 60.7 Å². The van der Waals surface area contributed by atoms with E-state index in [1.165, 1.54) is 24.3 Å². The van der Waals surface area contributed by atoms with E-state index in [1.807, 2.05) is 37.3 Å². The molecule has 0 atom stereocenters. The molecule has 0 aliphatic carbocycles. The van der Waals surface area contributed by atoms with Gasteiger partial charge in [0, 0.05) is 11.1 Å². The summed E-state index contributed by atoms with van der Waals surface area (Å²) in [4.78, 5) is 0. The van der Waals surface area contributed by atoms with Crippen LogP contribution in [-0.4, -0.2) is 6.61 Å². The van der Waals surface area contributed by atoms with Gasteiger partial charge >= 0.3 is 0 Å². The Morgan fingerprint density at radius 2 is 1.61 bits per heavy atom. The van der Waals surface area contributed by atoms with Crippen molar-refractivity contribution in [3.63, 3.8) is 0 Å². The van der Waals surface area contributed by atoms with Gasteiger partial charge in [-0.1, -0.05) is 61.9 Å². The second-order valence-electron chi connectivity index (χ2n) is 6.44. The molecular weight excluding hydrogens is 361 g/mol. The molecule has 3 aromatic rings. The van der Waals surface area contributed by atoms with E-state index < -0.39 is 17.5 Å². The number of ether oxygens (including phenoxy) is 1. The Labute approximate surface area is 163 Å². The molecule has 0 saturated heterocycles. The highest BCUT2D eigenvalue weighted by Gasteiger charge is 2.13. The minimum Gasteiger partial charge on any atom is -0.491 e. The summed E-state index contributed by atoms with van der Waals surface area (Å²) >= 11 is 0. The highest BCUT2D eigenvalue weighted by Crippen LogP contribution is 2.30. The summed E-state index contributed by atoms with van der Waals surface area (Å²) in [5, 5.41) is 0. The molecule has 3 aromatic carbocycles. The van der Waals surface area contributed by atoms with E-state index >= 15 is 0 Å². The summed E-state index contributed by atoms with van der Waals surface area (Å²) in [5.74, 6) is -1.68. The van der Waals surface area contributed by atoms with Gasteiger partial charge in [-0.05, 0) is 41.8 Å². The molecule has 0 saturated carbocycles. The van der Waals surface area contributed by atoms with E-state index in [0.29, 0.717) is 6.61 Å². The fourth-order valence-corrected chi connectivity index (χ4v) is 2.77. The van der Waals surface area contributed by atoms with E-state index in [4.69, 9.17) is 4.74 Å². The molecule has 0 unspecified atom stereocenters. The average Bonchev–Trinajstić information content (AvgIpc) is 2.70. The van der Waals surface area contributed by atoms with Gasteiger partial charge in [0.05, 0.1) is 6.61 Å². The molecule has 0 heterocycles. The number of halogens is 3. The second-order valence-corrected chi connectivity index (χ2v) is 6.44. The predicted molar refractivity (Wildman–Crippen MR) is 108 cm³/mol. The van der Waals surface area contributed by atoms with Crippen LogP contribution in [0.4, 0.5) is 13.2 Å². The molecule has 0 bridgehead atoms. The molecule has 0 radical (unpaired) electrons. The van der Waals surface area contributed by atoms with Crippen LogP contribution in [0.1, 0.15) is 30.9 Å². The molecule has 0 aromatic heterocycles. The van der Waals surface area contributed by atoms with Crippen molar-refractivity contribution in [3.8, 4) is 16.9 Å². The fourth-order valence-electron chi connectivity index (χ4n) is 2.77. The molecule has 3 rings (SSSR count). The van der Waals surface area contributed by atoms with Crippen molar-refractivity contribution in [1.82, 2.24) is 0 Å². The van der Waals surface area contributed by atoms with Crippen molar-refractivity contribution >= 4 is 12.2 Å². The molecule has 0 fully saturated rings. The van der Waals surface area contributed by atoms with E-state index in [-0.39, 0.29) is 22.4 Å². The largest absolute Gasteiger partial charge is 0.491 e. The molecule has 0 aliphatic heterocycles. The van der Waals surface area contributed by atoms with Crippen LogP contribution in [0.2, 0.25) is 0 Å². The lowest BCUT2D eigenvalue weighted by atomic mass is 10.0. The third kappa shape index (κ3) is 4.83. The van der Waals surface area contributed by atoms with E-state index in [2.05, 4.69) is 0 Å². The summed E-state index contributed by atoms with van der Waals surface area (Å²) < 4.78 is 48.6. The smallest absolute Gasteiger partial charge is 0.165 e. The van der Waals surface area contributed by atoms with E-state index in [1.54, 1.807) is 6.08 Å². The van der Waals surface area contributed by atoms with Crippen molar-refractivity contribution in [3.05, 3.63) is 89.2 Å². The van der Waals surface area contributed by atoms with Gasteiger partial charge in [0.25, 0.3) is 0 Å². The molecule has 0 N–H and O–H groups in total. The SMILES string of the molecule is CCCCOc1ccc(-c2cc(F)c(C=Cc3ccccc3)cc2F)cc1F. The van der Waals surface area contributed by atoms with E-state index in [9.17, 15) is 13.2 Å². The quantitative estimate of drug-likeness (QED) is 0.312. The van der Waals surface area contributed by atoms with Gasteiger partial charge < -0.3 is 4.74 Å². The van der Waals surface area contributed by atoms with Gasteiger partial charge in [-0.15, -0.1) is 0 Å². The highest BCUT2D eigenvalue weighted by molar-refractivity contribution is 5.73. The maximum absolute atomic E-state index is 14.6. The lowest BCUT2D eigenvalue weighted by Crippen LogP contribution is -1.99. The Kier molecular flexibility index (Phi) is 6.53. The molecule has 4 heteroatoms. The molecule has 0 spiro atoms. The summed E-state index contributed by atoms with van der Waals surface area (Å²) in [6.07, 6.45) is 4.98. The van der Waals surface area contributed by atoms with Gasteiger partial charge in [0.2, 0.25) is 0 Å². The van der Waals surface area contributed by atoms with Gasteiger partial charge in [0.1, 0.15) is 11.6 Å². The van der Waals surface area contributed by atoms with Crippen LogP contribution in [-0.2, 0) is 0 Å². The first-order valence-electron chi connectivity index (χ1n) is 9.23. The molecule has 144 valence electrons. The van der Waals surface area contributed by atoms with Crippen LogP contribution in [0.5, 0.6) is 5.75 Å². The van der Waals surface area contributed by atoms with Crippen LogP contribution < -0.4 is 4.74 Å². The topological polar surface area (TPSA) is 9.23 Å². The van der Waals surface area contributed by atoms with Crippen molar-refractivity contribution < 1.29 is 17.9 Å². The first kappa shape index (κ1) is 19.7. The van der Waals surface area contributed by atoms with E-state index in [0.717, 1.165) is 30.5 Å². The zero-order valence-corrected chi connectivity index (χ0v) is 15.6. The van der Waals surface area contributed by atoms with Crippen LogP contribution >= 0.6 is 0 Å². The van der Waals surface area contributed by atoms with Gasteiger partial charge in [-0.25, -0.2) is 13.2 Å². The number of hydrogen-bond donors (Lipinski definition) is 0. The Hall–Kier alpha value is -3.01. The molecule has 28 heavy (non-hydrogen) atoms. The predicted octanol–water partition coefficient (Wildman–Crippen LogP) is 7.12. The van der Waals surface area contributed by atoms with Gasteiger partial charge in [0.15, 0.2) is 11.6 Å². The summed E-state index contributed by atoms with van der Waals surface area (Å²) in [7, 11) is 0. The lowest BCUT2D eigenvalue weighted by Gasteiger charge is -2.10. The zero-order chi connectivity index (χ0) is 19.9. The lowest BCUT2D eigenvalue weighted by molar-refractivity contribution is 0.294. The Balaban J connectivity index is 1.84. The average molecular weight is 382 g/mol. The standard InChI is InChI=1S/C24H21F3O/c1-2-3-13-28-24-12-11-18(14-23(24)27)20-16-21(25)19(15-22(20)26)10-9-17-7-5-4-6-8-17/h4-12,14-16H,2-3,13H2,1H3. The Morgan fingerprint density at radius 3 is 2.32 bits per heavy atom. The van der Waals surface area contributed by atoms with Crippen molar-refractivity contribution in [2.45, 2.75) is 19.8 Å². The zero-order valence-electron chi connectivity index (χ0n) is 15.6. The van der Waals surface area contributed by atoms with Crippen LogP contribution in [0.25, 0.3) is 23.3 Å². The summed E-state index contributed by atoms with van der Waals surface area (Å²) in [6.45, 7) is 2.43. The van der Waals surface area contributed by atoms with Gasteiger partial charge in [-0.3, -0.25) is 0 Å². The first-order chi connectivity index (χ1) is 13.6. The third-order valence-electron chi connectivity index (χ3n) is 4.34. The summed E-state index contributed by atoms with van der Waals surface area (Å²) in [6, 6.07) is 15.7. The number of hydrogen-bond acceptors (Lipinski definition) is 1. The third-order valence-corrected chi connectivity index (χ3v) is 4.34. The fraction of sp³-hybridized carbons (Fsp3) is 0.167. The number of unbranched alkanes of at least 4 members (excludes halogenated alkanes) is 1. The summed E-state index contributed by atoms with van der Waals surface area (Å²) in [5.41, 5.74) is 1.28. The maximum Gasteiger partial charge on any atom is 0.165 e. The van der Waals surface area contributed by atoms with Crippen molar-refractivity contribution in [1.29, 1.82) is 0 Å². The van der Waals surface area contributed by atoms with Gasteiger partial charge in [-0.2, -0.15) is 0 Å². The Bertz CT molecular complexity index is 965. The maximum atomic E-state index is 14.6. The molecule has 1 nitrogen and oxygen atoms in total. The highest BCUT2D eigenvalue weighted by atomic mass is 19.1. The molecule has 0 amide bonds. The molecule has 0 aliphatic rings. The minimum atomic E-state index is -0.617. The molecular formula is C24H21F3O. The Morgan fingerprint density at radius 1 is 0.821 bits per heavy atom. The minimum absolute atomic E-state index is 0.00775. The first-order valence-corrected chi connectivity index (χ1v) is 9.23. The van der Waals surface area contributed by atoms with Crippen LogP contribution in [0, 0.1) is 17.5 Å². The number of rotatable bonds is 7. The normalized spacial score (nSPS) is 11.1. The van der Waals surface area contributed by atoms with Crippen LogP contribution in [0.3, 0.4) is 0 Å². The second kappa shape index (κ2) is 9.27. The number of benzene rings is 3. The van der Waals surface area contributed by atoms with Crippen molar-refractivity contribution in [2.24, 2.45) is 0 Å². The van der Waals surface area contributed by atoms with Crippen molar-refractivity contribution in [2.75, 3.05) is 6.61 Å². The monoisotopic (exact) mass is 382 g/mol.